The molecule has 5 nitrogen and oxygen atoms in total. The molecule has 0 bridgehead atoms. The zero-order valence-electron chi connectivity index (χ0n) is 16.0. The number of unbranched alkanes of at least 4 members (excludes halogenated alkanes) is 4. The zero-order chi connectivity index (χ0) is 18.7. The van der Waals surface area contributed by atoms with Gasteiger partial charge in [0.2, 0.25) is 5.91 Å². The van der Waals surface area contributed by atoms with Crippen LogP contribution < -0.4 is 15.6 Å². The highest BCUT2D eigenvalue weighted by atomic mass is 16.5. The molecular weight excluding hydrogens is 316 g/mol. The summed E-state index contributed by atoms with van der Waals surface area (Å²) >= 11 is 0. The fourth-order valence-corrected chi connectivity index (χ4v) is 2.51. The van der Waals surface area contributed by atoms with Gasteiger partial charge in [0.25, 0.3) is 5.91 Å². The second-order valence-corrected chi connectivity index (χ2v) is 6.75. The molecule has 0 unspecified atom stereocenters. The molecule has 0 heterocycles. The van der Waals surface area contributed by atoms with Crippen LogP contribution in [0, 0.1) is 6.92 Å². The Morgan fingerprint density at radius 1 is 1.04 bits per heavy atom. The molecule has 0 aliphatic heterocycles. The molecule has 0 spiro atoms. The Hall–Kier alpha value is -2.04. The summed E-state index contributed by atoms with van der Waals surface area (Å²) in [6, 6.07) is 5.98. The topological polar surface area (TPSA) is 67.4 Å². The molecule has 0 fully saturated rings. The van der Waals surface area contributed by atoms with E-state index < -0.39 is 0 Å². The van der Waals surface area contributed by atoms with E-state index in [0.29, 0.717) is 18.1 Å². The van der Waals surface area contributed by atoms with E-state index in [9.17, 15) is 9.59 Å². The standard InChI is InChI=1S/C20H32N2O3/c1-5-6-7-8-9-10-19(23)21-22-20(24)14-25-18-13-16(4)11-12-17(18)15(2)3/h11-13,15H,5-10,14H2,1-4H3,(H,21,23)(H,22,24). The van der Waals surface area contributed by atoms with Gasteiger partial charge in [-0.05, 0) is 36.5 Å². The Morgan fingerprint density at radius 2 is 1.72 bits per heavy atom. The second-order valence-electron chi connectivity index (χ2n) is 6.75. The molecule has 140 valence electrons. The number of benzene rings is 1. The minimum atomic E-state index is -0.365. The van der Waals surface area contributed by atoms with Crippen LogP contribution in [0.5, 0.6) is 5.75 Å². The summed E-state index contributed by atoms with van der Waals surface area (Å²) in [6.45, 7) is 8.18. The number of hydrogen-bond acceptors (Lipinski definition) is 3. The molecule has 2 amide bonds. The molecule has 2 N–H and O–H groups in total. The Morgan fingerprint density at radius 3 is 2.40 bits per heavy atom. The average Bonchev–Trinajstić information content (AvgIpc) is 2.57. The van der Waals surface area contributed by atoms with Crippen molar-refractivity contribution in [2.45, 2.75) is 72.1 Å². The molecule has 0 saturated carbocycles. The maximum atomic E-state index is 11.9. The third-order valence-corrected chi connectivity index (χ3v) is 4.00. The van der Waals surface area contributed by atoms with Gasteiger partial charge in [-0.2, -0.15) is 0 Å². The molecule has 0 aliphatic carbocycles. The van der Waals surface area contributed by atoms with Crippen LogP contribution in [0.3, 0.4) is 0 Å². The first kappa shape index (κ1) is 21.0. The smallest absolute Gasteiger partial charge is 0.276 e. The Kier molecular flexibility index (Phi) is 9.66. The molecule has 5 heteroatoms. The molecule has 1 aromatic carbocycles. The number of hydrogen-bond donors (Lipinski definition) is 2. The van der Waals surface area contributed by atoms with Crippen LogP contribution in [-0.4, -0.2) is 18.4 Å². The lowest BCUT2D eigenvalue weighted by atomic mass is 10.0. The quantitative estimate of drug-likeness (QED) is 0.496. The molecule has 0 radical (unpaired) electrons. The molecule has 0 aromatic heterocycles. The van der Waals surface area contributed by atoms with Crippen molar-refractivity contribution in [1.29, 1.82) is 0 Å². The van der Waals surface area contributed by atoms with Gasteiger partial charge in [0, 0.05) is 6.42 Å². The van der Waals surface area contributed by atoms with E-state index in [1.807, 2.05) is 25.1 Å². The molecule has 1 aromatic rings. The van der Waals surface area contributed by atoms with E-state index in [0.717, 1.165) is 30.4 Å². The Labute approximate surface area is 151 Å². The fourth-order valence-electron chi connectivity index (χ4n) is 2.51. The van der Waals surface area contributed by atoms with Gasteiger partial charge in [0.05, 0.1) is 0 Å². The lowest BCUT2D eigenvalue weighted by Crippen LogP contribution is -2.43. The van der Waals surface area contributed by atoms with Crippen LogP contribution in [0.4, 0.5) is 0 Å². The van der Waals surface area contributed by atoms with Crippen LogP contribution in [-0.2, 0) is 9.59 Å². The summed E-state index contributed by atoms with van der Waals surface area (Å²) in [5.74, 6) is 0.497. The predicted octanol–water partition coefficient (Wildman–Crippen LogP) is 4.01. The van der Waals surface area contributed by atoms with Crippen molar-refractivity contribution < 1.29 is 14.3 Å². The monoisotopic (exact) mass is 348 g/mol. The van der Waals surface area contributed by atoms with Crippen molar-refractivity contribution in [3.8, 4) is 5.75 Å². The highest BCUT2D eigenvalue weighted by Gasteiger charge is 2.11. The van der Waals surface area contributed by atoms with Crippen molar-refractivity contribution in [3.05, 3.63) is 29.3 Å². The van der Waals surface area contributed by atoms with E-state index >= 15 is 0 Å². The SMILES string of the molecule is CCCCCCCC(=O)NNC(=O)COc1cc(C)ccc1C(C)C. The van der Waals surface area contributed by atoms with Crippen LogP contribution >= 0.6 is 0 Å². The van der Waals surface area contributed by atoms with E-state index in [-0.39, 0.29) is 18.4 Å². The van der Waals surface area contributed by atoms with Gasteiger partial charge in [-0.25, -0.2) is 0 Å². The number of carbonyl (C=O) groups is 2. The largest absolute Gasteiger partial charge is 0.483 e. The third kappa shape index (κ3) is 8.57. The molecule has 0 atom stereocenters. The van der Waals surface area contributed by atoms with Gasteiger partial charge in [0.15, 0.2) is 6.61 Å². The number of amides is 2. The van der Waals surface area contributed by atoms with E-state index in [2.05, 4.69) is 31.6 Å². The minimum Gasteiger partial charge on any atom is -0.483 e. The van der Waals surface area contributed by atoms with Crippen molar-refractivity contribution in [3.63, 3.8) is 0 Å². The summed E-state index contributed by atoms with van der Waals surface area (Å²) in [5, 5.41) is 0. The van der Waals surface area contributed by atoms with Crippen molar-refractivity contribution >= 4 is 11.8 Å². The number of carbonyl (C=O) groups excluding carboxylic acids is 2. The number of aryl methyl sites for hydroxylation is 1. The molecular formula is C20H32N2O3. The average molecular weight is 348 g/mol. The van der Waals surface area contributed by atoms with Gasteiger partial charge < -0.3 is 4.74 Å². The van der Waals surface area contributed by atoms with E-state index in [4.69, 9.17) is 4.74 Å². The number of hydrazine groups is 1. The van der Waals surface area contributed by atoms with Crippen LogP contribution in [0.1, 0.15) is 76.3 Å². The maximum absolute atomic E-state index is 11.9. The van der Waals surface area contributed by atoms with Gasteiger partial charge >= 0.3 is 0 Å². The predicted molar refractivity (Wildman–Crippen MR) is 100 cm³/mol. The summed E-state index contributed by atoms with van der Waals surface area (Å²) in [7, 11) is 0. The summed E-state index contributed by atoms with van der Waals surface area (Å²) in [4.78, 5) is 23.5. The normalized spacial score (nSPS) is 10.6. The van der Waals surface area contributed by atoms with E-state index in [1.54, 1.807) is 0 Å². The zero-order valence-corrected chi connectivity index (χ0v) is 16.0. The number of rotatable bonds is 10. The van der Waals surface area contributed by atoms with Crippen molar-refractivity contribution in [1.82, 2.24) is 10.9 Å². The van der Waals surface area contributed by atoms with Gasteiger partial charge in [-0.15, -0.1) is 0 Å². The maximum Gasteiger partial charge on any atom is 0.276 e. The lowest BCUT2D eigenvalue weighted by molar-refractivity contribution is -0.130. The first-order valence-electron chi connectivity index (χ1n) is 9.25. The van der Waals surface area contributed by atoms with Crippen LogP contribution in [0.2, 0.25) is 0 Å². The van der Waals surface area contributed by atoms with Gasteiger partial charge in [0.1, 0.15) is 5.75 Å². The van der Waals surface area contributed by atoms with Crippen LogP contribution in [0.25, 0.3) is 0 Å². The highest BCUT2D eigenvalue weighted by molar-refractivity contribution is 5.82. The molecule has 25 heavy (non-hydrogen) atoms. The van der Waals surface area contributed by atoms with Crippen molar-refractivity contribution in [2.24, 2.45) is 0 Å². The van der Waals surface area contributed by atoms with Crippen molar-refractivity contribution in [2.75, 3.05) is 6.61 Å². The fraction of sp³-hybridized carbons (Fsp3) is 0.600. The first-order chi connectivity index (χ1) is 11.9. The molecule has 0 saturated heterocycles. The summed E-state index contributed by atoms with van der Waals surface area (Å²) in [5.41, 5.74) is 6.99. The summed E-state index contributed by atoms with van der Waals surface area (Å²) < 4.78 is 5.64. The van der Waals surface area contributed by atoms with Gasteiger partial charge in [-0.3, -0.25) is 20.4 Å². The Bertz CT molecular complexity index is 556. The van der Waals surface area contributed by atoms with Gasteiger partial charge in [-0.1, -0.05) is 58.6 Å². The summed E-state index contributed by atoms with van der Waals surface area (Å²) in [6.07, 6.45) is 5.86. The van der Waals surface area contributed by atoms with Crippen LogP contribution in [0.15, 0.2) is 18.2 Å². The second kappa shape index (κ2) is 11.5. The molecule has 1 rings (SSSR count). The lowest BCUT2D eigenvalue weighted by Gasteiger charge is -2.15. The minimum absolute atomic E-state index is 0.125. The first-order valence-corrected chi connectivity index (χ1v) is 9.25. The highest BCUT2D eigenvalue weighted by Crippen LogP contribution is 2.27. The Balaban J connectivity index is 2.31. The van der Waals surface area contributed by atoms with E-state index in [1.165, 1.54) is 12.8 Å². The number of ether oxygens (including phenoxy) is 1. The number of nitrogens with one attached hydrogen (secondary N) is 2. The third-order valence-electron chi connectivity index (χ3n) is 4.00. The molecule has 0 aliphatic rings.